The molecule has 0 aliphatic carbocycles. The van der Waals surface area contributed by atoms with Crippen LogP contribution in [0.25, 0.3) is 0 Å². The van der Waals surface area contributed by atoms with Crippen LogP contribution in [0.5, 0.6) is 5.75 Å². The largest absolute Gasteiger partial charge is 0.494 e. The first-order chi connectivity index (χ1) is 16.1. The van der Waals surface area contributed by atoms with Crippen LogP contribution in [0.1, 0.15) is 60.2 Å². The number of para-hydroxylation sites is 1. The van der Waals surface area contributed by atoms with Gasteiger partial charge in [0.05, 0.1) is 6.61 Å². The Balaban J connectivity index is 1.61. The second-order valence-corrected chi connectivity index (χ2v) is 7.85. The fraction of sp³-hybridized carbons (Fsp3) is 0.286. The van der Waals surface area contributed by atoms with Crippen LogP contribution in [0.2, 0.25) is 0 Å². The summed E-state index contributed by atoms with van der Waals surface area (Å²) in [6.07, 6.45) is 4.62. The molecule has 0 unspecified atom stereocenters. The van der Waals surface area contributed by atoms with Gasteiger partial charge in [-0.3, -0.25) is 9.59 Å². The van der Waals surface area contributed by atoms with E-state index in [1.165, 1.54) is 19.3 Å². The van der Waals surface area contributed by atoms with Crippen molar-refractivity contribution < 1.29 is 14.3 Å². The van der Waals surface area contributed by atoms with Crippen LogP contribution >= 0.6 is 0 Å². The Hall–Kier alpha value is -3.60. The predicted molar refractivity (Wildman–Crippen MR) is 134 cm³/mol. The predicted octanol–water partition coefficient (Wildman–Crippen LogP) is 6.56. The molecule has 0 aliphatic rings. The van der Waals surface area contributed by atoms with Gasteiger partial charge in [0, 0.05) is 29.0 Å². The minimum Gasteiger partial charge on any atom is -0.494 e. The van der Waals surface area contributed by atoms with Crippen molar-refractivity contribution in [1.29, 1.82) is 0 Å². The molecule has 0 radical (unpaired) electrons. The minimum atomic E-state index is -0.232. The van der Waals surface area contributed by atoms with Gasteiger partial charge in [0.15, 0.2) is 0 Å². The van der Waals surface area contributed by atoms with Crippen molar-refractivity contribution in [3.63, 3.8) is 0 Å². The zero-order chi connectivity index (χ0) is 23.5. The summed E-state index contributed by atoms with van der Waals surface area (Å²) in [5.41, 5.74) is 2.47. The molecular formula is C28H32N2O3. The molecule has 0 aliphatic heterocycles. The highest BCUT2D eigenvalue weighted by molar-refractivity contribution is 6.08. The normalized spacial score (nSPS) is 10.5. The zero-order valence-electron chi connectivity index (χ0n) is 19.4. The van der Waals surface area contributed by atoms with Crippen LogP contribution in [-0.4, -0.2) is 25.0 Å². The molecule has 2 amide bonds. The number of carbonyl (C=O) groups is 2. The van der Waals surface area contributed by atoms with E-state index in [1.807, 2.05) is 49.4 Å². The van der Waals surface area contributed by atoms with Gasteiger partial charge in [-0.05, 0) is 67.9 Å². The zero-order valence-corrected chi connectivity index (χ0v) is 19.4. The lowest BCUT2D eigenvalue weighted by molar-refractivity contribution is 0.0985. The molecule has 5 nitrogen and oxygen atoms in total. The van der Waals surface area contributed by atoms with E-state index in [4.69, 9.17) is 4.74 Å². The molecule has 5 heteroatoms. The Morgan fingerprint density at radius 1 is 0.818 bits per heavy atom. The Kier molecular flexibility index (Phi) is 9.07. The highest BCUT2D eigenvalue weighted by Gasteiger charge is 2.16. The number of benzene rings is 3. The number of unbranched alkanes of at least 4 members (excludes halogenated alkanes) is 3. The van der Waals surface area contributed by atoms with E-state index in [9.17, 15) is 9.59 Å². The summed E-state index contributed by atoms with van der Waals surface area (Å²) in [6, 6.07) is 23.7. The highest BCUT2D eigenvalue weighted by Crippen LogP contribution is 2.20. The molecular weight excluding hydrogens is 412 g/mol. The van der Waals surface area contributed by atoms with Gasteiger partial charge in [0.2, 0.25) is 0 Å². The SMILES string of the molecule is CCCCCCOc1ccc(C(=O)Nc2cccc(C(=O)N(CC)c3ccccc3)c2)cc1. The van der Waals surface area contributed by atoms with Crippen molar-refractivity contribution in [1.82, 2.24) is 0 Å². The number of carbonyl (C=O) groups excluding carboxylic acids is 2. The average molecular weight is 445 g/mol. The third kappa shape index (κ3) is 6.94. The van der Waals surface area contributed by atoms with E-state index in [1.54, 1.807) is 41.3 Å². The van der Waals surface area contributed by atoms with Gasteiger partial charge in [0.25, 0.3) is 11.8 Å². The molecule has 0 saturated carbocycles. The van der Waals surface area contributed by atoms with E-state index >= 15 is 0 Å². The molecule has 1 N–H and O–H groups in total. The maximum Gasteiger partial charge on any atom is 0.258 e. The summed E-state index contributed by atoms with van der Waals surface area (Å²) in [5.74, 6) is 0.418. The lowest BCUT2D eigenvalue weighted by Crippen LogP contribution is -2.30. The second kappa shape index (κ2) is 12.4. The quantitative estimate of drug-likeness (QED) is 0.341. The molecule has 0 spiro atoms. The molecule has 0 bridgehead atoms. The molecule has 3 aromatic rings. The van der Waals surface area contributed by atoms with Crippen LogP contribution in [0.15, 0.2) is 78.9 Å². The molecule has 0 fully saturated rings. The Morgan fingerprint density at radius 2 is 1.58 bits per heavy atom. The Morgan fingerprint density at radius 3 is 2.27 bits per heavy atom. The van der Waals surface area contributed by atoms with E-state index in [0.717, 1.165) is 17.9 Å². The molecule has 33 heavy (non-hydrogen) atoms. The fourth-order valence-electron chi connectivity index (χ4n) is 3.56. The topological polar surface area (TPSA) is 58.6 Å². The molecule has 0 atom stereocenters. The third-order valence-corrected chi connectivity index (χ3v) is 5.38. The molecule has 0 heterocycles. The number of hydrogen-bond donors (Lipinski definition) is 1. The first-order valence-electron chi connectivity index (χ1n) is 11.6. The number of nitrogens with zero attached hydrogens (tertiary/aromatic N) is 1. The van der Waals surface area contributed by atoms with Crippen LogP contribution in [0.4, 0.5) is 11.4 Å². The first-order valence-corrected chi connectivity index (χ1v) is 11.6. The van der Waals surface area contributed by atoms with Crippen molar-refractivity contribution in [2.45, 2.75) is 39.5 Å². The number of anilines is 2. The molecule has 3 rings (SSSR count). The van der Waals surface area contributed by atoms with Gasteiger partial charge in [-0.25, -0.2) is 0 Å². The van der Waals surface area contributed by atoms with Crippen molar-refractivity contribution in [2.75, 3.05) is 23.4 Å². The van der Waals surface area contributed by atoms with Crippen molar-refractivity contribution in [3.8, 4) is 5.75 Å². The Labute approximate surface area is 196 Å². The smallest absolute Gasteiger partial charge is 0.258 e. The molecule has 0 aromatic heterocycles. The minimum absolute atomic E-state index is 0.111. The fourth-order valence-corrected chi connectivity index (χ4v) is 3.56. The number of ether oxygens (including phenoxy) is 1. The van der Waals surface area contributed by atoms with E-state index in [0.29, 0.717) is 30.0 Å². The van der Waals surface area contributed by atoms with Crippen molar-refractivity contribution >= 4 is 23.2 Å². The summed E-state index contributed by atoms with van der Waals surface area (Å²) in [4.78, 5) is 27.5. The summed E-state index contributed by atoms with van der Waals surface area (Å²) in [7, 11) is 0. The summed E-state index contributed by atoms with van der Waals surface area (Å²) >= 11 is 0. The average Bonchev–Trinajstić information content (AvgIpc) is 2.85. The van der Waals surface area contributed by atoms with Crippen LogP contribution in [0.3, 0.4) is 0 Å². The lowest BCUT2D eigenvalue weighted by Gasteiger charge is -2.21. The third-order valence-electron chi connectivity index (χ3n) is 5.38. The Bertz CT molecular complexity index is 1030. The number of nitrogens with one attached hydrogen (secondary N) is 1. The van der Waals surface area contributed by atoms with E-state index < -0.39 is 0 Å². The standard InChI is InChI=1S/C28H32N2O3/c1-3-5-6-10-20-33-26-18-16-22(17-19-26)27(31)29-24-13-11-12-23(21-24)28(32)30(4-2)25-14-8-7-9-15-25/h7-9,11-19,21H,3-6,10,20H2,1-2H3,(H,29,31). The van der Waals surface area contributed by atoms with Gasteiger partial charge in [-0.1, -0.05) is 50.5 Å². The molecule has 172 valence electrons. The van der Waals surface area contributed by atoms with E-state index in [-0.39, 0.29) is 11.8 Å². The monoisotopic (exact) mass is 444 g/mol. The molecule has 3 aromatic carbocycles. The first kappa shape index (κ1) is 24.1. The van der Waals surface area contributed by atoms with Crippen molar-refractivity contribution in [2.24, 2.45) is 0 Å². The maximum atomic E-state index is 13.1. The van der Waals surface area contributed by atoms with Gasteiger partial charge in [-0.15, -0.1) is 0 Å². The molecule has 0 saturated heterocycles. The van der Waals surface area contributed by atoms with E-state index in [2.05, 4.69) is 12.2 Å². The van der Waals surface area contributed by atoms with Gasteiger partial charge < -0.3 is 15.0 Å². The van der Waals surface area contributed by atoms with Crippen LogP contribution < -0.4 is 15.0 Å². The highest BCUT2D eigenvalue weighted by atomic mass is 16.5. The number of rotatable bonds is 11. The maximum absolute atomic E-state index is 13.1. The summed E-state index contributed by atoms with van der Waals surface area (Å²) in [6.45, 7) is 5.36. The lowest BCUT2D eigenvalue weighted by atomic mass is 10.1. The second-order valence-electron chi connectivity index (χ2n) is 7.85. The van der Waals surface area contributed by atoms with Gasteiger partial charge in [0.1, 0.15) is 5.75 Å². The van der Waals surface area contributed by atoms with Crippen molar-refractivity contribution in [3.05, 3.63) is 90.0 Å². The summed E-state index contributed by atoms with van der Waals surface area (Å²) in [5, 5.41) is 2.89. The number of hydrogen-bond acceptors (Lipinski definition) is 3. The van der Waals surface area contributed by atoms with Crippen LogP contribution in [-0.2, 0) is 0 Å². The van der Waals surface area contributed by atoms with Gasteiger partial charge >= 0.3 is 0 Å². The summed E-state index contributed by atoms with van der Waals surface area (Å²) < 4.78 is 5.74. The number of amides is 2. The van der Waals surface area contributed by atoms with Gasteiger partial charge in [-0.2, -0.15) is 0 Å². The van der Waals surface area contributed by atoms with Crippen LogP contribution in [0, 0.1) is 0 Å².